The van der Waals surface area contributed by atoms with E-state index >= 15 is 0 Å². The van der Waals surface area contributed by atoms with Crippen molar-refractivity contribution < 1.29 is 24.0 Å². The summed E-state index contributed by atoms with van der Waals surface area (Å²) in [4.78, 5) is 70.9. The number of carbonyl (C=O) groups is 5. The van der Waals surface area contributed by atoms with Crippen molar-refractivity contribution in [3.05, 3.63) is 71.8 Å². The van der Waals surface area contributed by atoms with Gasteiger partial charge in [-0.25, -0.2) is 4.79 Å². The highest BCUT2D eigenvalue weighted by Gasteiger charge is 2.32. The molecule has 6 amide bonds. The summed E-state index contributed by atoms with van der Waals surface area (Å²) in [6.07, 6.45) is 1.52. The van der Waals surface area contributed by atoms with Crippen LogP contribution in [0.25, 0.3) is 0 Å². The zero-order valence-corrected chi connectivity index (χ0v) is 31.1. The Kier molecular flexibility index (Phi) is 17.2. The fourth-order valence-electron chi connectivity index (χ4n) is 5.98. The highest BCUT2D eigenvalue weighted by Crippen LogP contribution is 2.11. The normalized spacial score (nSPS) is 15.1. The second kappa shape index (κ2) is 21.7. The third-order valence-corrected chi connectivity index (χ3v) is 8.86. The fourth-order valence-corrected chi connectivity index (χ4v) is 5.98. The van der Waals surface area contributed by atoms with Crippen molar-refractivity contribution in [2.24, 2.45) is 23.1 Å². The second-order valence-corrected chi connectivity index (χ2v) is 13.8. The Balaban J connectivity index is 1.76. The minimum absolute atomic E-state index is 0.0614. The first kappa shape index (κ1) is 42.7. The van der Waals surface area contributed by atoms with Crippen LogP contribution in [0.15, 0.2) is 60.7 Å². The highest BCUT2D eigenvalue weighted by molar-refractivity contribution is 6.00. The number of hydrogen-bond acceptors (Lipinski definition) is 8. The van der Waals surface area contributed by atoms with Crippen LogP contribution in [0.5, 0.6) is 0 Å². The maximum atomic E-state index is 13.9. The number of hydrogen-bond donors (Lipinski definition) is 10. The molecule has 17 nitrogen and oxygen atoms in total. The summed E-state index contributed by atoms with van der Waals surface area (Å²) in [5.41, 5.74) is 18.9. The van der Waals surface area contributed by atoms with Crippen LogP contribution in [0.3, 0.4) is 0 Å². The number of nitrogens with one attached hydrogen (secondary N) is 7. The molecule has 0 bridgehead atoms. The quantitative estimate of drug-likeness (QED) is 0.0573. The van der Waals surface area contributed by atoms with Crippen LogP contribution in [0, 0.1) is 16.7 Å². The maximum Gasteiger partial charge on any atom is 0.324 e. The molecule has 0 aromatic heterocycles. The molecule has 0 saturated carbocycles. The summed E-state index contributed by atoms with van der Waals surface area (Å²) in [5, 5.41) is 28.5. The summed E-state index contributed by atoms with van der Waals surface area (Å²) in [6.45, 7) is 5.38. The molecule has 1 heterocycles. The molecule has 54 heavy (non-hydrogen) atoms. The Morgan fingerprint density at radius 2 is 1.24 bits per heavy atom. The molecule has 0 aliphatic carbocycles. The molecule has 1 aliphatic heterocycles. The summed E-state index contributed by atoms with van der Waals surface area (Å²) in [7, 11) is 0. The molecule has 3 rings (SSSR count). The zero-order valence-electron chi connectivity index (χ0n) is 31.1. The monoisotopic (exact) mass is 748 g/mol. The van der Waals surface area contributed by atoms with Gasteiger partial charge in [-0.1, -0.05) is 74.5 Å². The van der Waals surface area contributed by atoms with Crippen LogP contribution in [-0.2, 0) is 32.0 Å². The lowest BCUT2D eigenvalue weighted by Crippen LogP contribution is -2.59. The molecule has 2 aromatic carbocycles. The topological polar surface area (TPSA) is 278 Å². The average Bonchev–Trinajstić information content (AvgIpc) is 3.40. The predicted octanol–water partition coefficient (Wildman–Crippen LogP) is -0.300. The summed E-state index contributed by atoms with van der Waals surface area (Å²) < 4.78 is 0. The number of rotatable bonds is 17. The van der Waals surface area contributed by atoms with Crippen molar-refractivity contribution in [1.82, 2.24) is 36.4 Å². The molecule has 0 radical (unpaired) electrons. The Morgan fingerprint density at radius 3 is 1.83 bits per heavy atom. The SMILES string of the molecule is CC(C)C[C@@H](NC(=O)[C@@H](Cc1ccccc1)NC(=O)[C@H](N)Cc1ccccc1)C(=O)N[C@H](CCCNC(=N)N)C(=O)NC(=O)N1CCCN(C(=N)N)CC1. The van der Waals surface area contributed by atoms with Crippen LogP contribution in [-0.4, -0.2) is 108 Å². The molecule has 4 atom stereocenters. The molecule has 1 aliphatic rings. The van der Waals surface area contributed by atoms with Gasteiger partial charge in [0.05, 0.1) is 6.04 Å². The van der Waals surface area contributed by atoms with Crippen LogP contribution >= 0.6 is 0 Å². The number of amides is 6. The molecular formula is C37H56N12O5. The molecule has 1 saturated heterocycles. The molecule has 13 N–H and O–H groups in total. The summed E-state index contributed by atoms with van der Waals surface area (Å²) in [5.74, 6) is -2.95. The van der Waals surface area contributed by atoms with Gasteiger partial charge in [-0.05, 0) is 49.1 Å². The lowest BCUT2D eigenvalue weighted by atomic mass is 10.00. The second-order valence-electron chi connectivity index (χ2n) is 13.8. The van der Waals surface area contributed by atoms with Crippen molar-refractivity contribution in [3.8, 4) is 0 Å². The first-order valence-electron chi connectivity index (χ1n) is 18.2. The van der Waals surface area contributed by atoms with Gasteiger partial charge in [0.25, 0.3) is 5.91 Å². The first-order chi connectivity index (χ1) is 25.7. The highest BCUT2D eigenvalue weighted by atomic mass is 16.2. The minimum atomic E-state index is -1.18. The number of nitrogens with zero attached hydrogens (tertiary/aromatic N) is 2. The van der Waals surface area contributed by atoms with E-state index in [9.17, 15) is 24.0 Å². The van der Waals surface area contributed by atoms with Crippen molar-refractivity contribution in [3.63, 3.8) is 0 Å². The van der Waals surface area contributed by atoms with Gasteiger partial charge in [-0.3, -0.25) is 35.3 Å². The minimum Gasteiger partial charge on any atom is -0.370 e. The summed E-state index contributed by atoms with van der Waals surface area (Å²) >= 11 is 0. The maximum absolute atomic E-state index is 13.9. The lowest BCUT2D eigenvalue weighted by Gasteiger charge is -2.27. The van der Waals surface area contributed by atoms with E-state index in [1.165, 1.54) is 4.90 Å². The Hall–Kier alpha value is -5.71. The Labute approximate surface area is 316 Å². The number of guanidine groups is 2. The predicted molar refractivity (Wildman–Crippen MR) is 206 cm³/mol. The van der Waals surface area contributed by atoms with Gasteiger partial charge >= 0.3 is 6.03 Å². The van der Waals surface area contributed by atoms with Crippen molar-refractivity contribution >= 4 is 41.6 Å². The van der Waals surface area contributed by atoms with E-state index in [0.29, 0.717) is 32.5 Å². The number of benzene rings is 2. The van der Waals surface area contributed by atoms with Crippen LogP contribution < -0.4 is 43.8 Å². The molecule has 0 unspecified atom stereocenters. The van der Waals surface area contributed by atoms with Gasteiger partial charge < -0.3 is 48.3 Å². The third kappa shape index (κ3) is 14.7. The van der Waals surface area contributed by atoms with E-state index in [0.717, 1.165) is 11.1 Å². The van der Waals surface area contributed by atoms with Crippen LogP contribution in [0.4, 0.5) is 4.79 Å². The smallest absolute Gasteiger partial charge is 0.324 e. The third-order valence-electron chi connectivity index (χ3n) is 8.86. The van der Waals surface area contributed by atoms with Crippen LogP contribution in [0.1, 0.15) is 50.7 Å². The van der Waals surface area contributed by atoms with Gasteiger partial charge in [-0.2, -0.15) is 0 Å². The zero-order chi connectivity index (χ0) is 39.6. The van der Waals surface area contributed by atoms with Gasteiger partial charge in [0.2, 0.25) is 17.7 Å². The molecule has 2 aromatic rings. The van der Waals surface area contributed by atoms with Crippen LogP contribution in [0.2, 0.25) is 0 Å². The van der Waals surface area contributed by atoms with Crippen molar-refractivity contribution in [2.45, 2.75) is 76.5 Å². The molecule has 17 heteroatoms. The van der Waals surface area contributed by atoms with E-state index in [1.807, 2.05) is 74.5 Å². The van der Waals surface area contributed by atoms with Gasteiger partial charge in [0, 0.05) is 39.1 Å². The van der Waals surface area contributed by atoms with Crippen molar-refractivity contribution in [2.75, 3.05) is 32.7 Å². The largest absolute Gasteiger partial charge is 0.370 e. The van der Waals surface area contributed by atoms with E-state index in [1.54, 1.807) is 4.90 Å². The van der Waals surface area contributed by atoms with E-state index in [4.69, 9.17) is 28.0 Å². The first-order valence-corrected chi connectivity index (χ1v) is 18.2. The number of nitrogens with two attached hydrogens (primary N) is 3. The number of urea groups is 1. The standard InChI is InChI=1S/C37H56N12O5/c1-24(2)21-29(46-34(53)30(23-26-13-7-4-8-14-26)45-31(50)27(38)22-25-11-5-3-6-12-25)33(52)44-28(15-9-16-43-35(39)40)32(51)47-37(54)49-18-10-17-48(19-20-49)36(41)42/h3-8,11-14,24,27-30H,9-10,15-23,38H2,1-2H3,(H3,41,42)(H,44,52)(H,45,50)(H,46,53)(H4,39,40,43)(H,47,51,54)/t27-,28-,29-,30-/m1/s1. The summed E-state index contributed by atoms with van der Waals surface area (Å²) in [6, 6.07) is 13.4. The van der Waals surface area contributed by atoms with E-state index in [-0.39, 0.29) is 56.6 Å². The lowest BCUT2D eigenvalue weighted by molar-refractivity contribution is -0.134. The Bertz CT molecular complexity index is 1580. The van der Waals surface area contributed by atoms with Gasteiger partial charge in [0.15, 0.2) is 11.9 Å². The molecule has 1 fully saturated rings. The average molecular weight is 749 g/mol. The van der Waals surface area contributed by atoms with Gasteiger partial charge in [-0.15, -0.1) is 0 Å². The number of imide groups is 1. The van der Waals surface area contributed by atoms with E-state index in [2.05, 4.69) is 26.6 Å². The fraction of sp³-hybridized carbons (Fsp3) is 0.486. The van der Waals surface area contributed by atoms with Gasteiger partial charge in [0.1, 0.15) is 18.1 Å². The van der Waals surface area contributed by atoms with E-state index < -0.39 is 53.8 Å². The Morgan fingerprint density at radius 1 is 0.704 bits per heavy atom. The van der Waals surface area contributed by atoms with Crippen molar-refractivity contribution in [1.29, 1.82) is 10.8 Å². The number of carbonyl (C=O) groups excluding carboxylic acids is 5. The molecular weight excluding hydrogens is 692 g/mol. The molecule has 294 valence electrons. The molecule has 0 spiro atoms.